The third-order valence-electron chi connectivity index (χ3n) is 6.28. The molecule has 0 radical (unpaired) electrons. The lowest BCUT2D eigenvalue weighted by Gasteiger charge is -2.46. The Kier molecular flexibility index (Phi) is 9.27. The summed E-state index contributed by atoms with van der Waals surface area (Å²) < 4.78 is 12.1. The first-order chi connectivity index (χ1) is 13.2. The third kappa shape index (κ3) is 8.41. The molecule has 1 unspecified atom stereocenters. The Bertz CT molecular complexity index is 452. The molecule has 0 bridgehead atoms. The van der Waals surface area contributed by atoms with Crippen molar-refractivity contribution < 1.29 is 14.3 Å². The van der Waals surface area contributed by atoms with Gasteiger partial charge >= 0.3 is 5.97 Å². The van der Waals surface area contributed by atoms with Crippen LogP contribution in [0.25, 0.3) is 0 Å². The number of nitrogens with one attached hydrogen (secondary N) is 1. The molecule has 0 aromatic carbocycles. The van der Waals surface area contributed by atoms with Crippen LogP contribution >= 0.6 is 0 Å². The van der Waals surface area contributed by atoms with Gasteiger partial charge in [0.2, 0.25) is 0 Å². The summed E-state index contributed by atoms with van der Waals surface area (Å²) in [5, 5.41) is 3.71. The number of hydrogen-bond acceptors (Lipinski definition) is 4. The molecule has 1 saturated heterocycles. The molecule has 2 aliphatic rings. The second-order valence-electron chi connectivity index (χ2n) is 10.5. The zero-order valence-corrected chi connectivity index (χ0v) is 19.1. The quantitative estimate of drug-likeness (QED) is 0.376. The smallest absolute Gasteiger partial charge is 0.309 e. The summed E-state index contributed by atoms with van der Waals surface area (Å²) >= 11 is 0. The van der Waals surface area contributed by atoms with Crippen LogP contribution in [0.15, 0.2) is 0 Å². The fraction of sp³-hybridized carbons (Fsp3) is 0.958. The highest BCUT2D eigenvalue weighted by molar-refractivity contribution is 5.72. The third-order valence-corrected chi connectivity index (χ3v) is 6.28. The predicted octanol–water partition coefficient (Wildman–Crippen LogP) is 5.77. The second kappa shape index (κ2) is 11.0. The minimum absolute atomic E-state index is 0.0458. The van der Waals surface area contributed by atoms with Crippen molar-refractivity contribution in [2.75, 3.05) is 6.61 Å². The Morgan fingerprint density at radius 1 is 0.964 bits per heavy atom. The highest BCUT2D eigenvalue weighted by Gasteiger charge is 2.38. The van der Waals surface area contributed by atoms with Crippen LogP contribution in [0.5, 0.6) is 0 Å². The van der Waals surface area contributed by atoms with Crippen LogP contribution < -0.4 is 5.32 Å². The van der Waals surface area contributed by atoms with E-state index in [1.807, 2.05) is 0 Å². The highest BCUT2D eigenvalue weighted by atomic mass is 16.5. The van der Waals surface area contributed by atoms with Crippen molar-refractivity contribution in [2.45, 2.75) is 135 Å². The monoisotopic (exact) mass is 395 g/mol. The fourth-order valence-electron chi connectivity index (χ4n) is 5.20. The van der Waals surface area contributed by atoms with Crippen LogP contribution in [-0.4, -0.2) is 35.9 Å². The van der Waals surface area contributed by atoms with Crippen molar-refractivity contribution in [1.29, 1.82) is 0 Å². The fourth-order valence-corrected chi connectivity index (χ4v) is 5.20. The van der Waals surface area contributed by atoms with Gasteiger partial charge in [-0.25, -0.2) is 0 Å². The highest BCUT2D eigenvalue weighted by Crippen LogP contribution is 2.30. The zero-order valence-electron chi connectivity index (χ0n) is 19.1. The molecular formula is C24H45NO3. The lowest BCUT2D eigenvalue weighted by atomic mass is 9.81. The van der Waals surface area contributed by atoms with Crippen molar-refractivity contribution in [3.05, 3.63) is 0 Å². The Morgan fingerprint density at radius 2 is 1.57 bits per heavy atom. The normalized spacial score (nSPS) is 24.0. The molecule has 1 aliphatic heterocycles. The van der Waals surface area contributed by atoms with E-state index in [2.05, 4.69) is 39.9 Å². The number of esters is 1. The first kappa shape index (κ1) is 23.7. The van der Waals surface area contributed by atoms with Gasteiger partial charge in [0.05, 0.1) is 12.0 Å². The molecule has 1 aliphatic carbocycles. The molecule has 0 spiro atoms. The van der Waals surface area contributed by atoms with E-state index in [9.17, 15) is 4.79 Å². The van der Waals surface area contributed by atoms with E-state index < -0.39 is 0 Å². The number of unbranched alkanes of at least 4 members (excludes halogenated alkanes) is 1. The first-order valence-corrected chi connectivity index (χ1v) is 11.8. The Hall–Kier alpha value is -0.610. The predicted molar refractivity (Wildman–Crippen MR) is 115 cm³/mol. The van der Waals surface area contributed by atoms with Crippen LogP contribution in [0.4, 0.5) is 0 Å². The lowest BCUT2D eigenvalue weighted by Crippen LogP contribution is -2.59. The minimum Gasteiger partial charge on any atom is -0.462 e. The molecule has 1 saturated carbocycles. The molecule has 2 fully saturated rings. The standard InChI is InChI=1S/C24H45NO3/c1-6-7-12-19(22(26)28-20-14-9-8-10-15-20)13-11-16-27-21-17-23(2,3)25-24(4,5)18-21/h19-21,25H,6-18H2,1-5H3. The Balaban J connectivity index is 1.75. The maximum absolute atomic E-state index is 12.7. The van der Waals surface area contributed by atoms with Crippen molar-refractivity contribution in [1.82, 2.24) is 5.32 Å². The lowest BCUT2D eigenvalue weighted by molar-refractivity contribution is -0.156. The molecular weight excluding hydrogens is 350 g/mol. The van der Waals surface area contributed by atoms with Gasteiger partial charge in [-0.15, -0.1) is 0 Å². The number of carbonyl (C=O) groups is 1. The average Bonchev–Trinajstić information content (AvgIpc) is 2.59. The minimum atomic E-state index is 0.0458. The van der Waals surface area contributed by atoms with Gasteiger partial charge in [0, 0.05) is 17.7 Å². The van der Waals surface area contributed by atoms with Gasteiger partial charge in [-0.05, 0) is 85.5 Å². The molecule has 0 aromatic heterocycles. The van der Waals surface area contributed by atoms with Gasteiger partial charge in [0.25, 0.3) is 0 Å². The largest absolute Gasteiger partial charge is 0.462 e. The van der Waals surface area contributed by atoms with Gasteiger partial charge in [0.15, 0.2) is 0 Å². The molecule has 1 atom stereocenters. The molecule has 4 nitrogen and oxygen atoms in total. The molecule has 0 amide bonds. The summed E-state index contributed by atoms with van der Waals surface area (Å²) in [6.07, 6.45) is 13.4. The van der Waals surface area contributed by atoms with E-state index in [-0.39, 0.29) is 29.1 Å². The van der Waals surface area contributed by atoms with Crippen molar-refractivity contribution in [3.8, 4) is 0 Å². The first-order valence-electron chi connectivity index (χ1n) is 11.8. The topological polar surface area (TPSA) is 47.6 Å². The van der Waals surface area contributed by atoms with Crippen LogP contribution in [-0.2, 0) is 14.3 Å². The Labute approximate surface area is 173 Å². The number of carbonyl (C=O) groups excluding carboxylic acids is 1. The second-order valence-corrected chi connectivity index (χ2v) is 10.5. The van der Waals surface area contributed by atoms with E-state index in [1.54, 1.807) is 0 Å². The van der Waals surface area contributed by atoms with Gasteiger partial charge < -0.3 is 14.8 Å². The van der Waals surface area contributed by atoms with Crippen LogP contribution in [0, 0.1) is 5.92 Å². The van der Waals surface area contributed by atoms with E-state index in [0.29, 0.717) is 6.10 Å². The van der Waals surface area contributed by atoms with Gasteiger partial charge in [-0.3, -0.25) is 4.79 Å². The summed E-state index contributed by atoms with van der Waals surface area (Å²) in [5.74, 6) is 0.0934. The number of ether oxygens (including phenoxy) is 2. The summed E-state index contributed by atoms with van der Waals surface area (Å²) in [4.78, 5) is 12.7. The molecule has 4 heteroatoms. The van der Waals surface area contributed by atoms with E-state index in [1.165, 1.54) is 19.3 Å². The summed E-state index contributed by atoms with van der Waals surface area (Å²) in [5.41, 5.74) is 0.222. The molecule has 2 rings (SSSR count). The number of rotatable bonds is 10. The Morgan fingerprint density at radius 3 is 2.18 bits per heavy atom. The molecule has 164 valence electrons. The van der Waals surface area contributed by atoms with E-state index >= 15 is 0 Å². The summed E-state index contributed by atoms with van der Waals surface area (Å²) in [6, 6.07) is 0. The van der Waals surface area contributed by atoms with Gasteiger partial charge in [0.1, 0.15) is 6.10 Å². The summed E-state index contributed by atoms with van der Waals surface area (Å²) in [7, 11) is 0. The molecule has 1 N–H and O–H groups in total. The van der Waals surface area contributed by atoms with Crippen LogP contribution in [0.2, 0.25) is 0 Å². The average molecular weight is 396 g/mol. The van der Waals surface area contributed by atoms with Crippen LogP contribution in [0.3, 0.4) is 0 Å². The molecule has 0 aromatic rings. The van der Waals surface area contributed by atoms with Gasteiger partial charge in [-0.1, -0.05) is 26.2 Å². The van der Waals surface area contributed by atoms with E-state index in [4.69, 9.17) is 9.47 Å². The number of hydrogen-bond donors (Lipinski definition) is 1. The zero-order chi connectivity index (χ0) is 20.6. The SMILES string of the molecule is CCCCC(CCCOC1CC(C)(C)NC(C)(C)C1)C(=O)OC1CCCCC1. The maximum Gasteiger partial charge on any atom is 0.309 e. The maximum atomic E-state index is 12.7. The molecule has 28 heavy (non-hydrogen) atoms. The summed E-state index contributed by atoms with van der Waals surface area (Å²) in [6.45, 7) is 12.0. The van der Waals surface area contributed by atoms with Crippen molar-refractivity contribution >= 4 is 5.97 Å². The molecule has 1 heterocycles. The van der Waals surface area contributed by atoms with Gasteiger partial charge in [-0.2, -0.15) is 0 Å². The van der Waals surface area contributed by atoms with Crippen LogP contribution in [0.1, 0.15) is 112 Å². The van der Waals surface area contributed by atoms with E-state index in [0.717, 1.165) is 64.4 Å². The van der Waals surface area contributed by atoms with Crippen molar-refractivity contribution in [2.24, 2.45) is 5.92 Å². The van der Waals surface area contributed by atoms with Crippen molar-refractivity contribution in [3.63, 3.8) is 0 Å². The number of piperidine rings is 1.